The van der Waals surface area contributed by atoms with Crippen molar-refractivity contribution in [2.75, 3.05) is 26.7 Å². The largest absolute Gasteiger partial charge is 0.384 e. The molecular weight excluding hydrogens is 276 g/mol. The Morgan fingerprint density at radius 3 is 2.56 bits per heavy atom. The normalized spacial score (nSPS) is 9.94. The summed E-state index contributed by atoms with van der Waals surface area (Å²) in [7, 11) is 1.85. The van der Waals surface area contributed by atoms with Crippen LogP contribution in [-0.4, -0.2) is 43.5 Å². The minimum absolute atomic E-state index is 0.0834. The summed E-state index contributed by atoms with van der Waals surface area (Å²) in [5, 5.41) is 3.00. The van der Waals surface area contributed by atoms with Crippen molar-refractivity contribution in [3.8, 4) is 0 Å². The van der Waals surface area contributed by atoms with Gasteiger partial charge in [0.05, 0.1) is 0 Å². The quantitative estimate of drug-likeness (QED) is 0.728. The Morgan fingerprint density at radius 1 is 1.38 bits per heavy atom. The predicted molar refractivity (Wildman–Crippen MR) is 65.1 cm³/mol. The molecular formula is C10H19BrN2O3. The minimum Gasteiger partial charge on any atom is -0.384 e. The van der Waals surface area contributed by atoms with Gasteiger partial charge in [-0.05, 0) is 20.4 Å². The van der Waals surface area contributed by atoms with E-state index in [9.17, 15) is 9.59 Å². The Morgan fingerprint density at radius 2 is 2.06 bits per heavy atom. The molecule has 1 amide bonds. The minimum atomic E-state index is -0.342. The summed E-state index contributed by atoms with van der Waals surface area (Å²) in [6.45, 7) is 4.13. The van der Waals surface area contributed by atoms with E-state index in [1.54, 1.807) is 4.90 Å². The first-order chi connectivity index (χ1) is 7.65. The molecule has 0 aliphatic rings. The lowest BCUT2D eigenvalue weighted by molar-refractivity contribution is -0.133. The van der Waals surface area contributed by atoms with E-state index in [2.05, 4.69) is 25.4 Å². The maximum atomic E-state index is 11.7. The van der Waals surface area contributed by atoms with E-state index < -0.39 is 0 Å². The lowest BCUT2D eigenvalue weighted by Gasteiger charge is -2.20. The number of likely N-dealkylation sites (N-methyl/N-ethyl adjacent to an activating group) is 2. The molecule has 0 spiro atoms. The topological polar surface area (TPSA) is 58.6 Å². The highest BCUT2D eigenvalue weighted by molar-refractivity contribution is 9.06. The Bertz CT molecular complexity index is 224. The van der Waals surface area contributed by atoms with Gasteiger partial charge in [-0.3, -0.25) is 9.59 Å². The number of hydrogen-bond donors (Lipinski definition) is 1. The van der Waals surface area contributed by atoms with E-state index in [0.29, 0.717) is 25.9 Å². The fourth-order valence-electron chi connectivity index (χ4n) is 1.29. The highest BCUT2D eigenvalue weighted by atomic mass is 79.9. The van der Waals surface area contributed by atoms with Crippen LogP contribution in [-0.2, 0) is 13.4 Å². The van der Waals surface area contributed by atoms with E-state index in [-0.39, 0.29) is 18.3 Å². The van der Waals surface area contributed by atoms with Crippen molar-refractivity contribution in [2.45, 2.75) is 26.2 Å². The van der Waals surface area contributed by atoms with Gasteiger partial charge in [0.25, 0.3) is 0 Å². The van der Waals surface area contributed by atoms with Crippen molar-refractivity contribution >= 4 is 28.1 Å². The third kappa shape index (κ3) is 6.79. The molecule has 0 rings (SSSR count). The van der Waals surface area contributed by atoms with Gasteiger partial charge in [0.1, 0.15) is 0 Å². The molecule has 1 N–H and O–H groups in total. The van der Waals surface area contributed by atoms with Crippen molar-refractivity contribution in [1.82, 2.24) is 10.2 Å². The van der Waals surface area contributed by atoms with Gasteiger partial charge >= 0.3 is 5.97 Å². The van der Waals surface area contributed by atoms with Gasteiger partial charge in [0.15, 0.2) is 16.3 Å². The van der Waals surface area contributed by atoms with E-state index in [1.807, 2.05) is 14.0 Å². The molecule has 0 aromatic carbocycles. The molecule has 0 aliphatic carbocycles. The molecule has 0 bridgehead atoms. The van der Waals surface area contributed by atoms with Crippen LogP contribution in [0.4, 0.5) is 0 Å². The SMILES string of the molecule is CCN(CCNC)C(=O)CCCC(=O)OBr. The number of nitrogens with one attached hydrogen (secondary N) is 1. The van der Waals surface area contributed by atoms with Crippen molar-refractivity contribution in [3.63, 3.8) is 0 Å². The fourth-order valence-corrected chi connectivity index (χ4v) is 1.45. The second-order valence-corrected chi connectivity index (χ2v) is 3.70. The number of carbonyl (C=O) groups excluding carboxylic acids is 2. The lowest BCUT2D eigenvalue weighted by Crippen LogP contribution is -2.35. The number of hydrogen-bond acceptors (Lipinski definition) is 4. The smallest absolute Gasteiger partial charge is 0.317 e. The van der Waals surface area contributed by atoms with Crippen LogP contribution in [0, 0.1) is 0 Å². The molecule has 0 saturated carbocycles. The second-order valence-electron chi connectivity index (χ2n) is 3.38. The molecule has 5 nitrogen and oxygen atoms in total. The summed E-state index contributed by atoms with van der Waals surface area (Å²) in [4.78, 5) is 24.3. The van der Waals surface area contributed by atoms with Crippen LogP contribution in [0.1, 0.15) is 26.2 Å². The fraction of sp³-hybridized carbons (Fsp3) is 0.800. The van der Waals surface area contributed by atoms with Gasteiger partial charge in [0, 0.05) is 32.5 Å². The lowest BCUT2D eigenvalue weighted by atomic mass is 10.2. The number of halogens is 1. The zero-order valence-electron chi connectivity index (χ0n) is 9.79. The van der Waals surface area contributed by atoms with Crippen LogP contribution in [0.5, 0.6) is 0 Å². The number of nitrogens with zero attached hydrogens (tertiary/aromatic N) is 1. The molecule has 0 aliphatic heterocycles. The number of carbonyl (C=O) groups is 2. The number of amides is 1. The summed E-state index contributed by atoms with van der Waals surface area (Å²) in [5.74, 6) is -0.258. The van der Waals surface area contributed by atoms with Gasteiger partial charge in [-0.15, -0.1) is 0 Å². The Kier molecular flexibility index (Phi) is 9.22. The molecule has 0 heterocycles. The first kappa shape index (κ1) is 15.4. The van der Waals surface area contributed by atoms with Crippen LogP contribution >= 0.6 is 16.3 Å². The third-order valence-electron chi connectivity index (χ3n) is 2.22. The number of rotatable bonds is 8. The van der Waals surface area contributed by atoms with Gasteiger partial charge in [-0.1, -0.05) is 0 Å². The Labute approximate surface area is 105 Å². The third-order valence-corrected chi connectivity index (χ3v) is 2.58. The Hall–Kier alpha value is -0.620. The first-order valence-corrected chi connectivity index (χ1v) is 6.04. The van der Waals surface area contributed by atoms with E-state index in [4.69, 9.17) is 0 Å². The standard InChI is InChI=1S/C10H19BrN2O3/c1-3-13(8-7-12-2)9(14)5-4-6-10(15)16-11/h12H,3-8H2,1-2H3. The monoisotopic (exact) mass is 294 g/mol. The van der Waals surface area contributed by atoms with Crippen LogP contribution in [0.25, 0.3) is 0 Å². The molecule has 0 atom stereocenters. The molecule has 0 saturated heterocycles. The zero-order valence-corrected chi connectivity index (χ0v) is 11.4. The molecule has 94 valence electrons. The molecule has 0 aromatic heterocycles. The van der Waals surface area contributed by atoms with Crippen LogP contribution in [0.2, 0.25) is 0 Å². The van der Waals surface area contributed by atoms with Crippen LogP contribution in [0.3, 0.4) is 0 Å². The van der Waals surface area contributed by atoms with Crippen molar-refractivity contribution in [3.05, 3.63) is 0 Å². The molecule has 0 aromatic rings. The van der Waals surface area contributed by atoms with Crippen molar-refractivity contribution < 1.29 is 13.4 Å². The van der Waals surface area contributed by atoms with Crippen LogP contribution in [0.15, 0.2) is 0 Å². The first-order valence-electron chi connectivity index (χ1n) is 5.39. The maximum absolute atomic E-state index is 11.7. The summed E-state index contributed by atoms with van der Waals surface area (Å²) in [6.07, 6.45) is 1.18. The summed E-state index contributed by atoms with van der Waals surface area (Å²) < 4.78 is 4.32. The van der Waals surface area contributed by atoms with Gasteiger partial charge in [-0.2, -0.15) is 0 Å². The van der Waals surface area contributed by atoms with Crippen molar-refractivity contribution in [1.29, 1.82) is 0 Å². The second kappa shape index (κ2) is 9.59. The van der Waals surface area contributed by atoms with E-state index in [0.717, 1.165) is 6.54 Å². The van der Waals surface area contributed by atoms with E-state index in [1.165, 1.54) is 0 Å². The summed E-state index contributed by atoms with van der Waals surface area (Å²) in [6, 6.07) is 0. The average Bonchev–Trinajstić information content (AvgIpc) is 2.29. The average molecular weight is 295 g/mol. The molecule has 0 fully saturated rings. The highest BCUT2D eigenvalue weighted by Gasteiger charge is 2.11. The summed E-state index contributed by atoms with van der Waals surface area (Å²) >= 11 is 2.61. The maximum Gasteiger partial charge on any atom is 0.317 e. The molecule has 0 radical (unpaired) electrons. The van der Waals surface area contributed by atoms with Gasteiger partial charge < -0.3 is 14.0 Å². The van der Waals surface area contributed by atoms with Gasteiger partial charge in [-0.25, -0.2) is 0 Å². The van der Waals surface area contributed by atoms with Crippen LogP contribution < -0.4 is 5.32 Å². The molecule has 0 unspecified atom stereocenters. The van der Waals surface area contributed by atoms with Gasteiger partial charge in [0.2, 0.25) is 5.91 Å². The highest BCUT2D eigenvalue weighted by Crippen LogP contribution is 2.03. The Balaban J connectivity index is 3.79. The zero-order chi connectivity index (χ0) is 12.4. The predicted octanol–water partition coefficient (Wildman–Crippen LogP) is 1.08. The van der Waals surface area contributed by atoms with Crippen molar-refractivity contribution in [2.24, 2.45) is 0 Å². The summed E-state index contributed by atoms with van der Waals surface area (Å²) in [5.41, 5.74) is 0. The molecule has 6 heteroatoms. The molecule has 16 heavy (non-hydrogen) atoms. The van der Waals surface area contributed by atoms with E-state index >= 15 is 0 Å².